The van der Waals surface area contributed by atoms with Gasteiger partial charge in [0.15, 0.2) is 11.5 Å². The van der Waals surface area contributed by atoms with E-state index < -0.39 is 34.4 Å². The van der Waals surface area contributed by atoms with Gasteiger partial charge in [0.05, 0.1) is 23.3 Å². The molecule has 1 aliphatic heterocycles. The lowest BCUT2D eigenvalue weighted by molar-refractivity contribution is -0.130. The van der Waals surface area contributed by atoms with E-state index in [1.54, 1.807) is 67.2 Å². The smallest absolute Gasteiger partial charge is 0.263 e. The molecule has 3 aromatic carbocycles. The number of aromatic nitrogens is 1. The fraction of sp³-hybridized carbons (Fsp3) is 0.226. The number of hydroxylamine groups is 1. The zero-order valence-electron chi connectivity index (χ0n) is 24.3. The van der Waals surface area contributed by atoms with Crippen LogP contribution in [0.25, 0.3) is 5.69 Å². The van der Waals surface area contributed by atoms with E-state index in [0.717, 1.165) is 5.56 Å². The third-order valence-electron chi connectivity index (χ3n) is 7.33. The summed E-state index contributed by atoms with van der Waals surface area (Å²) in [6.07, 6.45) is 3.89. The van der Waals surface area contributed by atoms with E-state index in [4.69, 9.17) is 14.2 Å². The van der Waals surface area contributed by atoms with Crippen molar-refractivity contribution in [2.75, 3.05) is 20.4 Å². The second-order valence-electron chi connectivity index (χ2n) is 10.2. The Bertz CT molecular complexity index is 1810. The van der Waals surface area contributed by atoms with Gasteiger partial charge in [-0.1, -0.05) is 18.2 Å². The summed E-state index contributed by atoms with van der Waals surface area (Å²) in [6.45, 7) is 2.97. The molecule has 12 nitrogen and oxygen atoms in total. The molecule has 0 bridgehead atoms. The highest BCUT2D eigenvalue weighted by Gasteiger charge is 2.30. The van der Waals surface area contributed by atoms with Gasteiger partial charge in [-0.05, 0) is 73.0 Å². The molecule has 4 N–H and O–H groups in total. The second kappa shape index (κ2) is 12.8. The minimum absolute atomic E-state index is 0.0472. The Morgan fingerprint density at radius 2 is 1.75 bits per heavy atom. The summed E-state index contributed by atoms with van der Waals surface area (Å²) in [6, 6.07) is 16.0. The average molecular weight is 621 g/mol. The van der Waals surface area contributed by atoms with Crippen molar-refractivity contribution in [2.24, 2.45) is 0 Å². The van der Waals surface area contributed by atoms with Crippen molar-refractivity contribution in [3.63, 3.8) is 0 Å². The van der Waals surface area contributed by atoms with Crippen LogP contribution in [0.3, 0.4) is 0 Å². The average Bonchev–Trinajstić information content (AvgIpc) is 3.72. The number of methoxy groups -OCH3 is 1. The van der Waals surface area contributed by atoms with Crippen molar-refractivity contribution in [3.05, 3.63) is 101 Å². The zero-order valence-corrected chi connectivity index (χ0v) is 25.1. The molecule has 0 aliphatic carbocycles. The number of hydrogen-bond donors (Lipinski definition) is 4. The van der Waals surface area contributed by atoms with Gasteiger partial charge in [0, 0.05) is 30.9 Å². The fourth-order valence-corrected chi connectivity index (χ4v) is 6.92. The van der Waals surface area contributed by atoms with Gasteiger partial charge in [0.25, 0.3) is 11.8 Å². The molecule has 1 aromatic heterocycles. The summed E-state index contributed by atoms with van der Waals surface area (Å²) in [7, 11) is -2.86. The largest absolute Gasteiger partial charge is 0.496 e. The minimum Gasteiger partial charge on any atom is -0.496 e. The number of amides is 2. The topological polar surface area (TPSA) is 157 Å². The number of carbonyl (C=O) groups excluding carboxylic acids is 2. The van der Waals surface area contributed by atoms with Gasteiger partial charge in [-0.2, -0.15) is 4.72 Å². The lowest BCUT2D eigenvalue weighted by Crippen LogP contribution is -2.52. The van der Waals surface area contributed by atoms with Gasteiger partial charge in [0.1, 0.15) is 11.8 Å². The second-order valence-corrected chi connectivity index (χ2v) is 11.8. The highest BCUT2D eigenvalue weighted by Crippen LogP contribution is 2.36. The van der Waals surface area contributed by atoms with Crippen LogP contribution in [0, 0.1) is 13.8 Å². The number of para-hydroxylation sites is 1. The molecule has 1 atom stereocenters. The van der Waals surface area contributed by atoms with Crippen LogP contribution in [0.2, 0.25) is 0 Å². The van der Waals surface area contributed by atoms with Crippen LogP contribution in [-0.4, -0.2) is 56.5 Å². The Morgan fingerprint density at radius 3 is 2.48 bits per heavy atom. The Morgan fingerprint density at radius 1 is 1.02 bits per heavy atom. The molecular formula is C31H32N4O8S. The Hall–Kier alpha value is -4.85. The molecule has 44 heavy (non-hydrogen) atoms. The first-order chi connectivity index (χ1) is 21.1. The van der Waals surface area contributed by atoms with E-state index in [2.05, 4.69) is 10.0 Å². The highest BCUT2D eigenvalue weighted by atomic mass is 32.2. The van der Waals surface area contributed by atoms with E-state index in [1.807, 2.05) is 24.3 Å². The number of nitrogens with zero attached hydrogens (tertiary/aromatic N) is 1. The SMILES string of the molecule is COc1cc(C)c(S(=O)(=O)N[C@H](CNC(=O)c2ccccc2-n2cccc2)C(=O)NO)c(C)c1Cc1ccc2c(c1)OCO2. The number of benzene rings is 3. The molecule has 0 radical (unpaired) electrons. The third kappa shape index (κ3) is 6.25. The van der Waals surface area contributed by atoms with Crippen molar-refractivity contribution in [1.82, 2.24) is 20.1 Å². The summed E-state index contributed by atoms with van der Waals surface area (Å²) in [5.41, 5.74) is 4.65. The van der Waals surface area contributed by atoms with Crippen molar-refractivity contribution in [3.8, 4) is 22.9 Å². The van der Waals surface area contributed by atoms with E-state index in [0.29, 0.717) is 51.6 Å². The number of fused-ring (bicyclic) bond motifs is 1. The third-order valence-corrected chi connectivity index (χ3v) is 9.09. The van der Waals surface area contributed by atoms with Crippen LogP contribution in [0.4, 0.5) is 0 Å². The number of carbonyl (C=O) groups is 2. The van der Waals surface area contributed by atoms with E-state index in [9.17, 15) is 23.2 Å². The van der Waals surface area contributed by atoms with Gasteiger partial charge >= 0.3 is 0 Å². The molecule has 0 spiro atoms. The van der Waals surface area contributed by atoms with E-state index in [-0.39, 0.29) is 11.7 Å². The monoisotopic (exact) mass is 620 g/mol. The number of ether oxygens (including phenoxy) is 3. The molecular weight excluding hydrogens is 588 g/mol. The van der Waals surface area contributed by atoms with Gasteiger partial charge in [-0.25, -0.2) is 13.9 Å². The van der Waals surface area contributed by atoms with Crippen LogP contribution in [0.1, 0.15) is 32.6 Å². The number of aryl methyl sites for hydroxylation is 1. The Balaban J connectivity index is 1.40. The number of sulfonamides is 1. The van der Waals surface area contributed by atoms with Crippen LogP contribution in [0.15, 0.2) is 78.0 Å². The molecule has 230 valence electrons. The molecule has 2 amide bonds. The molecule has 2 heterocycles. The van der Waals surface area contributed by atoms with Gasteiger partial charge < -0.3 is 24.1 Å². The van der Waals surface area contributed by atoms with Crippen LogP contribution in [0.5, 0.6) is 17.2 Å². The summed E-state index contributed by atoms with van der Waals surface area (Å²) in [5.74, 6) is 0.137. The maximum absolute atomic E-state index is 13.8. The molecule has 4 aromatic rings. The summed E-state index contributed by atoms with van der Waals surface area (Å²) in [5, 5.41) is 12.0. The first kappa shape index (κ1) is 30.6. The summed E-state index contributed by atoms with van der Waals surface area (Å²) < 4.78 is 48.2. The van der Waals surface area contributed by atoms with Gasteiger partial charge in [-0.3, -0.25) is 14.8 Å². The molecule has 0 saturated carbocycles. The van der Waals surface area contributed by atoms with Gasteiger partial charge in [0.2, 0.25) is 16.8 Å². The van der Waals surface area contributed by atoms with Crippen molar-refractivity contribution < 1.29 is 37.4 Å². The fourth-order valence-electron chi connectivity index (χ4n) is 5.23. The maximum Gasteiger partial charge on any atom is 0.263 e. The van der Waals surface area contributed by atoms with E-state index in [1.165, 1.54) is 12.6 Å². The maximum atomic E-state index is 13.8. The lowest BCUT2D eigenvalue weighted by atomic mass is 9.97. The Kier molecular flexibility index (Phi) is 8.90. The zero-order chi connectivity index (χ0) is 31.4. The molecule has 0 saturated heterocycles. The number of nitrogens with one attached hydrogen (secondary N) is 3. The minimum atomic E-state index is -4.36. The number of hydrogen-bond acceptors (Lipinski definition) is 8. The molecule has 1 aliphatic rings. The lowest BCUT2D eigenvalue weighted by Gasteiger charge is -2.22. The highest BCUT2D eigenvalue weighted by molar-refractivity contribution is 7.89. The van der Waals surface area contributed by atoms with Crippen molar-refractivity contribution in [1.29, 1.82) is 0 Å². The molecule has 0 fully saturated rings. The van der Waals surface area contributed by atoms with Crippen molar-refractivity contribution in [2.45, 2.75) is 31.2 Å². The first-order valence-electron chi connectivity index (χ1n) is 13.7. The van der Waals surface area contributed by atoms with Crippen LogP contribution < -0.4 is 29.7 Å². The molecule has 0 unspecified atom stereocenters. The van der Waals surface area contributed by atoms with Crippen LogP contribution >= 0.6 is 0 Å². The predicted octanol–water partition coefficient (Wildman–Crippen LogP) is 3.00. The number of rotatable bonds is 11. The molecule has 5 rings (SSSR count). The quantitative estimate of drug-likeness (QED) is 0.147. The van der Waals surface area contributed by atoms with Crippen molar-refractivity contribution >= 4 is 21.8 Å². The van der Waals surface area contributed by atoms with Crippen LogP contribution in [-0.2, 0) is 21.2 Å². The predicted molar refractivity (Wildman–Crippen MR) is 160 cm³/mol. The summed E-state index contributed by atoms with van der Waals surface area (Å²) >= 11 is 0. The standard InChI is InChI=1S/C31H32N4O8S/c1-19-14-27(41-3)23(15-21-10-11-26-28(16-21)43-18-42-26)20(2)29(19)44(39,40)34-24(31(37)33-38)17-32-30(36)22-8-4-5-9-25(22)35-12-6-7-13-35/h4-14,16,24,34,38H,15,17-18H2,1-3H3,(H,32,36)(H,33,37)/t24-/m1/s1. The first-order valence-corrected chi connectivity index (χ1v) is 15.1. The molecule has 13 heteroatoms. The normalized spacial score (nSPS) is 12.9. The summed E-state index contributed by atoms with van der Waals surface area (Å²) in [4.78, 5) is 25.7. The van der Waals surface area contributed by atoms with Gasteiger partial charge in [-0.15, -0.1) is 0 Å². The Labute approximate surface area is 254 Å². The van der Waals surface area contributed by atoms with E-state index >= 15 is 0 Å².